The Kier molecular flexibility index (Phi) is 8.32. The highest BCUT2D eigenvalue weighted by Crippen LogP contribution is 2.22. The lowest BCUT2D eigenvalue weighted by Crippen LogP contribution is -2.53. The van der Waals surface area contributed by atoms with Gasteiger partial charge in [0.1, 0.15) is 11.8 Å². The first-order valence-electron chi connectivity index (χ1n) is 11.9. The number of fused-ring (bicyclic) bond motifs is 1. The maximum atomic E-state index is 13.6. The van der Waals surface area contributed by atoms with Gasteiger partial charge in [-0.1, -0.05) is 61.5 Å². The van der Waals surface area contributed by atoms with Gasteiger partial charge in [0.05, 0.1) is 7.11 Å². The molecule has 0 aliphatic carbocycles. The number of carbonyl (C=O) groups excluding carboxylic acids is 2. The van der Waals surface area contributed by atoms with E-state index in [9.17, 15) is 9.59 Å². The third-order valence-corrected chi connectivity index (χ3v) is 5.88. The number of carbonyl (C=O) groups is 2. The second kappa shape index (κ2) is 11.2. The summed E-state index contributed by atoms with van der Waals surface area (Å²) in [6, 6.07) is 21.5. The number of nitrogens with one attached hydrogen (secondary N) is 1. The fourth-order valence-electron chi connectivity index (χ4n) is 4.20. The summed E-state index contributed by atoms with van der Waals surface area (Å²) in [5, 5.41) is 5.38. The minimum atomic E-state index is -0.540. The normalized spacial score (nSPS) is 12.3. The number of aryl methyl sites for hydroxylation is 1. The number of ether oxygens (including phenoxy) is 1. The van der Waals surface area contributed by atoms with Crippen LogP contribution in [0.3, 0.4) is 0 Å². The molecule has 3 aromatic carbocycles. The molecule has 1 N–H and O–H groups in total. The number of hydrogen-bond donors (Lipinski definition) is 1. The molecule has 1 atom stereocenters. The van der Waals surface area contributed by atoms with Crippen molar-refractivity contribution in [2.24, 2.45) is 0 Å². The summed E-state index contributed by atoms with van der Waals surface area (Å²) >= 11 is 0. The van der Waals surface area contributed by atoms with E-state index in [0.717, 1.165) is 22.3 Å². The highest BCUT2D eigenvalue weighted by molar-refractivity contribution is 5.89. The zero-order valence-corrected chi connectivity index (χ0v) is 20.9. The first kappa shape index (κ1) is 25.3. The van der Waals surface area contributed by atoms with Crippen LogP contribution >= 0.6 is 0 Å². The van der Waals surface area contributed by atoms with Crippen molar-refractivity contribution in [3.63, 3.8) is 0 Å². The Labute approximate surface area is 203 Å². The highest BCUT2D eigenvalue weighted by atomic mass is 16.5. The van der Waals surface area contributed by atoms with Crippen LogP contribution in [0.15, 0.2) is 66.7 Å². The van der Waals surface area contributed by atoms with Crippen LogP contribution in [-0.2, 0) is 22.6 Å². The van der Waals surface area contributed by atoms with Gasteiger partial charge in [0.2, 0.25) is 11.8 Å². The molecule has 180 valence electrons. The van der Waals surface area contributed by atoms with E-state index in [2.05, 4.69) is 29.6 Å². The highest BCUT2D eigenvalue weighted by Gasteiger charge is 2.30. The second-order valence-electron chi connectivity index (χ2n) is 9.67. The fourth-order valence-corrected chi connectivity index (χ4v) is 4.20. The first-order valence-corrected chi connectivity index (χ1v) is 11.9. The molecule has 1 unspecified atom stereocenters. The SMILES string of the molecule is CCC(C(=O)NC(C)(C)C)N(Cc1ccc(OC)cc1)C(=O)CCc1cccc2ccccc12. The van der Waals surface area contributed by atoms with Crippen LogP contribution in [0.2, 0.25) is 0 Å². The van der Waals surface area contributed by atoms with E-state index in [1.165, 1.54) is 5.39 Å². The molecule has 3 aromatic rings. The lowest BCUT2D eigenvalue weighted by Gasteiger charge is -2.33. The molecule has 0 aromatic heterocycles. The summed E-state index contributed by atoms with van der Waals surface area (Å²) in [7, 11) is 1.63. The molecule has 0 saturated carbocycles. The molecule has 5 nitrogen and oxygen atoms in total. The van der Waals surface area contributed by atoms with E-state index in [-0.39, 0.29) is 17.4 Å². The van der Waals surface area contributed by atoms with Crippen LogP contribution < -0.4 is 10.1 Å². The third kappa shape index (κ3) is 6.60. The van der Waals surface area contributed by atoms with Crippen molar-refractivity contribution < 1.29 is 14.3 Å². The monoisotopic (exact) mass is 460 g/mol. The molecule has 0 spiro atoms. The predicted octanol–water partition coefficient (Wildman–Crippen LogP) is 5.50. The Balaban J connectivity index is 1.84. The average molecular weight is 461 g/mol. The molecular weight excluding hydrogens is 424 g/mol. The number of benzene rings is 3. The Bertz CT molecular complexity index is 1110. The number of amides is 2. The van der Waals surface area contributed by atoms with E-state index in [0.29, 0.717) is 25.8 Å². The molecule has 2 amide bonds. The van der Waals surface area contributed by atoms with Gasteiger partial charge in [-0.2, -0.15) is 0 Å². The summed E-state index contributed by atoms with van der Waals surface area (Å²) in [5.41, 5.74) is 1.73. The molecule has 0 aliphatic heterocycles. The number of rotatable bonds is 9. The Morgan fingerprint density at radius 3 is 2.29 bits per heavy atom. The van der Waals surface area contributed by atoms with Crippen LogP contribution in [0.4, 0.5) is 0 Å². The zero-order chi connectivity index (χ0) is 24.7. The fraction of sp³-hybridized carbons (Fsp3) is 0.379. The van der Waals surface area contributed by atoms with Gasteiger partial charge in [0.15, 0.2) is 0 Å². The minimum absolute atomic E-state index is 0.0281. The Morgan fingerprint density at radius 2 is 1.65 bits per heavy atom. The summed E-state index contributed by atoms with van der Waals surface area (Å²) < 4.78 is 5.26. The van der Waals surface area contributed by atoms with Crippen LogP contribution in [0.25, 0.3) is 10.8 Å². The van der Waals surface area contributed by atoms with Crippen molar-refractivity contribution in [1.29, 1.82) is 0 Å². The maximum Gasteiger partial charge on any atom is 0.243 e. The smallest absolute Gasteiger partial charge is 0.243 e. The number of hydrogen-bond acceptors (Lipinski definition) is 3. The van der Waals surface area contributed by atoms with Gasteiger partial charge in [0, 0.05) is 18.5 Å². The van der Waals surface area contributed by atoms with E-state index in [1.807, 2.05) is 70.2 Å². The van der Waals surface area contributed by atoms with Crippen LogP contribution in [0, 0.1) is 0 Å². The topological polar surface area (TPSA) is 58.6 Å². The summed E-state index contributed by atoms with van der Waals surface area (Å²) in [6.45, 7) is 8.18. The molecule has 0 bridgehead atoms. The zero-order valence-electron chi connectivity index (χ0n) is 20.9. The van der Waals surface area contributed by atoms with E-state index >= 15 is 0 Å². The molecule has 3 rings (SSSR count). The van der Waals surface area contributed by atoms with Crippen LogP contribution in [0.1, 0.15) is 51.7 Å². The molecular formula is C29H36N2O3. The molecule has 0 saturated heterocycles. The van der Waals surface area contributed by atoms with Gasteiger partial charge in [0.25, 0.3) is 0 Å². The molecule has 0 fully saturated rings. The van der Waals surface area contributed by atoms with Crippen molar-refractivity contribution in [2.45, 2.75) is 65.1 Å². The standard InChI is InChI=1S/C29H36N2O3/c1-6-26(28(33)30-29(2,3)4)31(20-21-14-17-24(34-5)18-15-21)27(32)19-16-23-12-9-11-22-10-7-8-13-25(22)23/h7-15,17-18,26H,6,16,19-20H2,1-5H3,(H,30,33). The van der Waals surface area contributed by atoms with Crippen LogP contribution in [0.5, 0.6) is 5.75 Å². The molecule has 5 heteroatoms. The maximum absolute atomic E-state index is 13.6. The molecule has 0 aliphatic rings. The van der Waals surface area contributed by atoms with E-state index < -0.39 is 6.04 Å². The molecule has 0 radical (unpaired) electrons. The second-order valence-corrected chi connectivity index (χ2v) is 9.67. The van der Waals surface area contributed by atoms with Crippen molar-refractivity contribution >= 4 is 22.6 Å². The Hall–Kier alpha value is -3.34. The lowest BCUT2D eigenvalue weighted by molar-refractivity contribution is -0.142. The predicted molar refractivity (Wildman–Crippen MR) is 138 cm³/mol. The van der Waals surface area contributed by atoms with Gasteiger partial charge in [-0.05, 0) is 67.6 Å². The average Bonchev–Trinajstić information content (AvgIpc) is 2.81. The van der Waals surface area contributed by atoms with Crippen molar-refractivity contribution in [2.75, 3.05) is 7.11 Å². The van der Waals surface area contributed by atoms with Gasteiger partial charge in [-0.15, -0.1) is 0 Å². The molecule has 0 heterocycles. The minimum Gasteiger partial charge on any atom is -0.497 e. The number of nitrogens with zero attached hydrogens (tertiary/aromatic N) is 1. The van der Waals surface area contributed by atoms with Crippen molar-refractivity contribution in [1.82, 2.24) is 10.2 Å². The summed E-state index contributed by atoms with van der Waals surface area (Å²) in [4.78, 5) is 28.5. The van der Waals surface area contributed by atoms with Crippen LogP contribution in [-0.4, -0.2) is 35.4 Å². The van der Waals surface area contributed by atoms with Gasteiger partial charge >= 0.3 is 0 Å². The summed E-state index contributed by atoms with van der Waals surface area (Å²) in [6.07, 6.45) is 1.50. The van der Waals surface area contributed by atoms with Gasteiger partial charge in [-0.25, -0.2) is 0 Å². The number of methoxy groups -OCH3 is 1. The lowest BCUT2D eigenvalue weighted by atomic mass is 10.00. The third-order valence-electron chi connectivity index (χ3n) is 5.88. The Morgan fingerprint density at radius 1 is 0.971 bits per heavy atom. The van der Waals surface area contributed by atoms with E-state index in [1.54, 1.807) is 12.0 Å². The molecule has 34 heavy (non-hydrogen) atoms. The van der Waals surface area contributed by atoms with Crippen molar-refractivity contribution in [3.05, 3.63) is 77.9 Å². The van der Waals surface area contributed by atoms with Gasteiger partial charge in [-0.3, -0.25) is 9.59 Å². The van der Waals surface area contributed by atoms with Crippen molar-refractivity contribution in [3.8, 4) is 5.75 Å². The largest absolute Gasteiger partial charge is 0.497 e. The quantitative estimate of drug-likeness (QED) is 0.458. The summed E-state index contributed by atoms with van der Waals surface area (Å²) in [5.74, 6) is 0.608. The van der Waals surface area contributed by atoms with E-state index in [4.69, 9.17) is 4.74 Å². The first-order chi connectivity index (χ1) is 16.2. The van der Waals surface area contributed by atoms with Gasteiger partial charge < -0.3 is 15.0 Å².